The average Bonchev–Trinajstić information content (AvgIpc) is 2.78. The fraction of sp³-hybridized carbons (Fsp3) is 0.500. The fourth-order valence-corrected chi connectivity index (χ4v) is 2.26. The van der Waals surface area contributed by atoms with Crippen LogP contribution >= 0.6 is 0 Å². The first-order valence-electron chi connectivity index (χ1n) is 7.11. The van der Waals surface area contributed by atoms with Crippen molar-refractivity contribution in [1.29, 1.82) is 0 Å². The zero-order valence-electron chi connectivity index (χ0n) is 14.6. The van der Waals surface area contributed by atoms with Crippen molar-refractivity contribution < 1.29 is 41.8 Å². The van der Waals surface area contributed by atoms with Crippen LogP contribution in [-0.2, 0) is 50.8 Å². The first kappa shape index (κ1) is 23.0. The SMILES string of the molecule is CC(=O)O.CCOC(=O)CN1[CH-]N(C)c2c1c(=O)n(C)c(=O)n2C.[Ag+]. The van der Waals surface area contributed by atoms with Crippen LogP contribution in [0.15, 0.2) is 9.59 Å². The number of hydrogen-bond donors (Lipinski definition) is 1. The Hall–Kier alpha value is -2.04. The van der Waals surface area contributed by atoms with E-state index >= 15 is 0 Å². The number of esters is 1. The Morgan fingerprint density at radius 3 is 2.16 bits per heavy atom. The van der Waals surface area contributed by atoms with E-state index < -0.39 is 23.2 Å². The van der Waals surface area contributed by atoms with Gasteiger partial charge in [-0.05, 0) is 14.0 Å². The molecule has 2 rings (SSSR count). The molecule has 1 aromatic heterocycles. The van der Waals surface area contributed by atoms with E-state index in [0.29, 0.717) is 11.5 Å². The maximum absolute atomic E-state index is 12.2. The predicted octanol–water partition coefficient (Wildman–Crippen LogP) is -0.889. The summed E-state index contributed by atoms with van der Waals surface area (Å²) < 4.78 is 7.27. The molecule has 0 fully saturated rings. The number of ether oxygens (including phenoxy) is 1. The number of rotatable bonds is 3. The third-order valence-electron chi connectivity index (χ3n) is 3.15. The first-order chi connectivity index (χ1) is 11.1. The fourth-order valence-electron chi connectivity index (χ4n) is 2.26. The Morgan fingerprint density at radius 1 is 1.16 bits per heavy atom. The predicted molar refractivity (Wildman–Crippen MR) is 86.9 cm³/mol. The van der Waals surface area contributed by atoms with Crippen LogP contribution in [0, 0.1) is 6.67 Å². The van der Waals surface area contributed by atoms with Crippen molar-refractivity contribution in [3.05, 3.63) is 27.5 Å². The molecule has 0 aliphatic carbocycles. The van der Waals surface area contributed by atoms with Crippen LogP contribution in [0.4, 0.5) is 11.5 Å². The smallest absolute Gasteiger partial charge is 0.490 e. The van der Waals surface area contributed by atoms with Gasteiger partial charge in [0.25, 0.3) is 11.5 Å². The van der Waals surface area contributed by atoms with E-state index in [4.69, 9.17) is 14.6 Å². The molecule has 0 bridgehead atoms. The molecule has 11 heteroatoms. The van der Waals surface area contributed by atoms with Crippen LogP contribution in [0.5, 0.6) is 0 Å². The van der Waals surface area contributed by atoms with Crippen LogP contribution in [0.1, 0.15) is 13.8 Å². The van der Waals surface area contributed by atoms with Crippen LogP contribution in [-0.4, -0.2) is 46.4 Å². The number of hydrogen-bond acceptors (Lipinski definition) is 7. The molecule has 0 saturated carbocycles. The Balaban J connectivity index is 0.00000104. The third-order valence-corrected chi connectivity index (χ3v) is 3.15. The summed E-state index contributed by atoms with van der Waals surface area (Å²) in [5.41, 5.74) is -0.551. The molecular weight excluding hydrogens is 428 g/mol. The summed E-state index contributed by atoms with van der Waals surface area (Å²) in [5.74, 6) is -0.802. The van der Waals surface area contributed by atoms with Crippen LogP contribution in [0.3, 0.4) is 0 Å². The van der Waals surface area contributed by atoms with Gasteiger partial charge in [-0.2, -0.15) is 6.67 Å². The van der Waals surface area contributed by atoms with Crippen molar-refractivity contribution in [3.8, 4) is 0 Å². The number of fused-ring (bicyclic) bond motifs is 1. The maximum Gasteiger partial charge on any atom is 1.00 e. The average molecular weight is 449 g/mol. The molecule has 2 heterocycles. The molecule has 0 saturated heterocycles. The van der Waals surface area contributed by atoms with Crippen LogP contribution in [0.2, 0.25) is 0 Å². The Bertz CT molecular complexity index is 753. The van der Waals surface area contributed by atoms with E-state index in [1.54, 1.807) is 32.6 Å². The molecule has 0 amide bonds. The zero-order valence-corrected chi connectivity index (χ0v) is 16.1. The molecule has 0 unspecified atom stereocenters. The third kappa shape index (κ3) is 5.21. The van der Waals surface area contributed by atoms with Gasteiger partial charge in [-0.3, -0.25) is 23.5 Å². The summed E-state index contributed by atoms with van der Waals surface area (Å²) in [6, 6.07) is 0. The number of carbonyl (C=O) groups excluding carboxylic acids is 1. The summed E-state index contributed by atoms with van der Waals surface area (Å²) in [5, 5.41) is 7.42. The van der Waals surface area contributed by atoms with Gasteiger partial charge >= 0.3 is 34.0 Å². The second-order valence-electron chi connectivity index (χ2n) is 5.06. The number of aromatic nitrogens is 2. The number of aliphatic carboxylic acids is 1. The topological polar surface area (TPSA) is 114 Å². The van der Waals surface area contributed by atoms with E-state index in [9.17, 15) is 14.4 Å². The number of carboxylic acids is 1. The van der Waals surface area contributed by atoms with E-state index in [2.05, 4.69) is 0 Å². The van der Waals surface area contributed by atoms with Crippen molar-refractivity contribution in [2.24, 2.45) is 14.1 Å². The van der Waals surface area contributed by atoms with Crippen molar-refractivity contribution in [1.82, 2.24) is 9.13 Å². The molecule has 25 heavy (non-hydrogen) atoms. The Kier molecular flexibility index (Phi) is 8.67. The normalized spacial score (nSPS) is 11.9. The minimum Gasteiger partial charge on any atom is -0.490 e. The molecule has 1 aromatic rings. The quantitative estimate of drug-likeness (QED) is 0.359. The number of carbonyl (C=O) groups is 2. The molecule has 1 aliphatic heterocycles. The van der Waals surface area contributed by atoms with Gasteiger partial charge in [-0.25, -0.2) is 4.79 Å². The zero-order chi connectivity index (χ0) is 18.6. The monoisotopic (exact) mass is 448 g/mol. The standard InChI is InChI=1S/C12H17N4O4.C2H4O2.Ag/c1-5-20-8(17)6-16-7-13(2)10-9(16)11(18)15(4)12(19)14(10)3;1-2(3)4;/h7H,5-6H2,1-4H3;1H3,(H,3,4);/q-1;;+1. The summed E-state index contributed by atoms with van der Waals surface area (Å²) in [6.07, 6.45) is 0. The summed E-state index contributed by atoms with van der Waals surface area (Å²) in [7, 11) is 4.70. The van der Waals surface area contributed by atoms with Gasteiger partial charge < -0.3 is 19.6 Å². The number of nitrogens with zero attached hydrogens (tertiary/aromatic N) is 4. The largest absolute Gasteiger partial charge is 1.00 e. The van der Waals surface area contributed by atoms with E-state index in [-0.39, 0.29) is 35.5 Å². The van der Waals surface area contributed by atoms with Crippen molar-refractivity contribution >= 4 is 23.4 Å². The van der Waals surface area contributed by atoms with Crippen LogP contribution < -0.4 is 21.0 Å². The number of carboxylic acid groups (broad SMARTS) is 1. The summed E-state index contributed by atoms with van der Waals surface area (Å²) in [4.78, 5) is 47.9. The molecule has 0 spiro atoms. The first-order valence-corrected chi connectivity index (χ1v) is 7.11. The van der Waals surface area contributed by atoms with E-state index in [1.807, 2.05) is 0 Å². The Morgan fingerprint density at radius 2 is 1.68 bits per heavy atom. The molecule has 144 valence electrons. The maximum atomic E-state index is 12.2. The van der Waals surface area contributed by atoms with Crippen LogP contribution in [0.25, 0.3) is 0 Å². The Labute approximate surface area is 160 Å². The van der Waals surface area contributed by atoms with Gasteiger partial charge in [0.05, 0.1) is 13.2 Å². The second kappa shape index (κ2) is 9.45. The molecule has 1 aliphatic rings. The minimum absolute atomic E-state index is 0. The molecule has 0 atom stereocenters. The van der Waals surface area contributed by atoms with Gasteiger partial charge in [0.2, 0.25) is 0 Å². The van der Waals surface area contributed by atoms with E-state index in [0.717, 1.165) is 11.5 Å². The molecular formula is C14H21AgN4O6. The minimum atomic E-state index is -0.833. The van der Waals surface area contributed by atoms with Crippen molar-refractivity contribution in [3.63, 3.8) is 0 Å². The summed E-state index contributed by atoms with van der Waals surface area (Å²) in [6.45, 7) is 4.61. The van der Waals surface area contributed by atoms with Gasteiger partial charge in [-0.1, -0.05) is 0 Å². The molecule has 1 N–H and O–H groups in total. The van der Waals surface area contributed by atoms with E-state index in [1.165, 1.54) is 16.5 Å². The van der Waals surface area contributed by atoms with Gasteiger partial charge in [0.15, 0.2) is 0 Å². The van der Waals surface area contributed by atoms with Gasteiger partial charge in [-0.15, -0.1) is 0 Å². The molecule has 0 radical (unpaired) electrons. The summed E-state index contributed by atoms with van der Waals surface area (Å²) >= 11 is 0. The second-order valence-corrected chi connectivity index (χ2v) is 5.06. The van der Waals surface area contributed by atoms with Gasteiger partial charge in [0, 0.05) is 21.0 Å². The van der Waals surface area contributed by atoms with Gasteiger partial charge in [0.1, 0.15) is 11.5 Å². The molecule has 0 aromatic carbocycles. The van der Waals surface area contributed by atoms with Crippen molar-refractivity contribution in [2.75, 3.05) is 30.0 Å². The van der Waals surface area contributed by atoms with Crippen molar-refractivity contribution in [2.45, 2.75) is 13.8 Å². The number of anilines is 2. The molecule has 10 nitrogen and oxygen atoms in total.